The number of allylic oxidation sites excluding steroid dienone is 1. The van der Waals surface area contributed by atoms with Crippen LogP contribution in [0.5, 0.6) is 0 Å². The van der Waals surface area contributed by atoms with Crippen molar-refractivity contribution >= 4 is 27.9 Å². The first-order valence-electron chi connectivity index (χ1n) is 8.29. The molecule has 128 valence electrons. The van der Waals surface area contributed by atoms with E-state index in [4.69, 9.17) is 4.74 Å². The lowest BCUT2D eigenvalue weighted by molar-refractivity contribution is -0.146. The van der Waals surface area contributed by atoms with Crippen LogP contribution in [0.1, 0.15) is 50.6 Å². The number of urea groups is 1. The second kappa shape index (κ2) is 7.38. The number of halogens is 1. The molecular weight excluding hydrogens is 372 g/mol. The summed E-state index contributed by atoms with van der Waals surface area (Å²) in [6.45, 7) is 1.74. The molecular formula is C18H21BrN2O3. The molecule has 5 nitrogen and oxygen atoms in total. The first-order chi connectivity index (χ1) is 11.5. The Balaban J connectivity index is 1.87. The smallest absolute Gasteiger partial charge is 0.338 e. The average Bonchev–Trinajstić information content (AvgIpc) is 2.55. The molecule has 24 heavy (non-hydrogen) atoms. The maximum absolute atomic E-state index is 12.8. The molecule has 0 aromatic heterocycles. The quantitative estimate of drug-likeness (QED) is 0.765. The van der Waals surface area contributed by atoms with E-state index >= 15 is 0 Å². The summed E-state index contributed by atoms with van der Waals surface area (Å²) in [5.74, 6) is -0.350. The van der Waals surface area contributed by atoms with Crippen LogP contribution in [0.3, 0.4) is 0 Å². The largest absolute Gasteiger partial charge is 0.459 e. The first-order valence-corrected chi connectivity index (χ1v) is 9.08. The second-order valence-corrected chi connectivity index (χ2v) is 7.21. The molecule has 0 radical (unpaired) electrons. The summed E-state index contributed by atoms with van der Waals surface area (Å²) in [5.41, 5.74) is 1.86. The fourth-order valence-electron chi connectivity index (χ4n) is 3.30. The SMILES string of the molecule is CC1=C(C(=O)OC2CCCCC2)C(c2cccc(Br)c2)NC(=O)N1. The normalized spacial score (nSPS) is 21.9. The van der Waals surface area contributed by atoms with E-state index in [1.54, 1.807) is 6.92 Å². The van der Waals surface area contributed by atoms with Crippen LogP contribution in [0.4, 0.5) is 4.79 Å². The van der Waals surface area contributed by atoms with E-state index in [0.717, 1.165) is 35.7 Å². The highest BCUT2D eigenvalue weighted by Crippen LogP contribution is 2.30. The number of hydrogen-bond donors (Lipinski definition) is 2. The maximum Gasteiger partial charge on any atom is 0.338 e. The number of carbonyl (C=O) groups excluding carboxylic acids is 2. The Labute approximate surface area is 150 Å². The van der Waals surface area contributed by atoms with E-state index in [1.807, 2.05) is 24.3 Å². The van der Waals surface area contributed by atoms with Crippen LogP contribution in [0, 0.1) is 0 Å². The Kier molecular flexibility index (Phi) is 5.23. The summed E-state index contributed by atoms with van der Waals surface area (Å²) in [5, 5.41) is 5.51. The van der Waals surface area contributed by atoms with E-state index in [-0.39, 0.29) is 18.1 Å². The third-order valence-corrected chi connectivity index (χ3v) is 4.99. The summed E-state index contributed by atoms with van der Waals surface area (Å²) in [7, 11) is 0. The zero-order valence-corrected chi connectivity index (χ0v) is 15.2. The number of hydrogen-bond acceptors (Lipinski definition) is 3. The van der Waals surface area contributed by atoms with Gasteiger partial charge >= 0.3 is 12.0 Å². The highest BCUT2D eigenvalue weighted by atomic mass is 79.9. The first kappa shape index (κ1) is 17.0. The summed E-state index contributed by atoms with van der Waals surface area (Å²) in [4.78, 5) is 24.6. The van der Waals surface area contributed by atoms with Crippen LogP contribution in [0.25, 0.3) is 0 Å². The number of esters is 1. The molecule has 1 saturated carbocycles. The Hall–Kier alpha value is -1.82. The van der Waals surface area contributed by atoms with E-state index in [1.165, 1.54) is 6.42 Å². The van der Waals surface area contributed by atoms with Crippen LogP contribution >= 0.6 is 15.9 Å². The molecule has 1 aliphatic carbocycles. The lowest BCUT2D eigenvalue weighted by Crippen LogP contribution is -2.45. The monoisotopic (exact) mass is 392 g/mol. The fourth-order valence-corrected chi connectivity index (χ4v) is 3.72. The van der Waals surface area contributed by atoms with Gasteiger partial charge in [0.05, 0.1) is 11.6 Å². The minimum absolute atomic E-state index is 0.0210. The summed E-state index contributed by atoms with van der Waals surface area (Å²) in [6.07, 6.45) is 5.21. The van der Waals surface area contributed by atoms with Gasteiger partial charge < -0.3 is 15.4 Å². The van der Waals surface area contributed by atoms with E-state index < -0.39 is 6.04 Å². The third-order valence-electron chi connectivity index (χ3n) is 4.50. The number of benzene rings is 1. The molecule has 0 spiro atoms. The van der Waals surface area contributed by atoms with Gasteiger partial charge in [-0.3, -0.25) is 0 Å². The zero-order chi connectivity index (χ0) is 17.1. The Morgan fingerprint density at radius 3 is 2.71 bits per heavy atom. The minimum atomic E-state index is -0.507. The van der Waals surface area contributed by atoms with Crippen molar-refractivity contribution in [2.75, 3.05) is 0 Å². The van der Waals surface area contributed by atoms with Crippen LogP contribution < -0.4 is 10.6 Å². The van der Waals surface area contributed by atoms with E-state index in [9.17, 15) is 9.59 Å². The topological polar surface area (TPSA) is 67.4 Å². The van der Waals surface area contributed by atoms with Crippen molar-refractivity contribution in [3.05, 3.63) is 45.6 Å². The maximum atomic E-state index is 12.8. The van der Waals surface area contributed by atoms with Crippen molar-refractivity contribution in [2.24, 2.45) is 0 Å². The van der Waals surface area contributed by atoms with Gasteiger partial charge in [0.2, 0.25) is 0 Å². The number of carbonyl (C=O) groups is 2. The molecule has 1 heterocycles. The lowest BCUT2D eigenvalue weighted by Gasteiger charge is -2.30. The predicted octanol–water partition coefficient (Wildman–Crippen LogP) is 3.95. The van der Waals surface area contributed by atoms with Gasteiger partial charge in [0.1, 0.15) is 6.10 Å². The lowest BCUT2D eigenvalue weighted by atomic mass is 9.95. The molecule has 2 N–H and O–H groups in total. The number of ether oxygens (including phenoxy) is 1. The summed E-state index contributed by atoms with van der Waals surface area (Å²) < 4.78 is 6.61. The van der Waals surface area contributed by atoms with Crippen molar-refractivity contribution in [1.29, 1.82) is 0 Å². The molecule has 0 bridgehead atoms. The summed E-state index contributed by atoms with van der Waals surface area (Å²) in [6, 6.07) is 6.76. The number of amides is 2. The van der Waals surface area contributed by atoms with Gasteiger partial charge in [-0.25, -0.2) is 9.59 Å². The highest BCUT2D eigenvalue weighted by molar-refractivity contribution is 9.10. The Morgan fingerprint density at radius 1 is 1.25 bits per heavy atom. The van der Waals surface area contributed by atoms with Crippen molar-refractivity contribution < 1.29 is 14.3 Å². The average molecular weight is 393 g/mol. The summed E-state index contributed by atoms with van der Waals surface area (Å²) >= 11 is 3.44. The van der Waals surface area contributed by atoms with E-state index in [2.05, 4.69) is 26.6 Å². The van der Waals surface area contributed by atoms with Crippen LogP contribution in [0.15, 0.2) is 40.0 Å². The van der Waals surface area contributed by atoms with Gasteiger partial charge in [-0.15, -0.1) is 0 Å². The molecule has 1 aromatic carbocycles. The van der Waals surface area contributed by atoms with Crippen LogP contribution in [-0.2, 0) is 9.53 Å². The highest BCUT2D eigenvalue weighted by Gasteiger charge is 2.33. The Bertz CT molecular complexity index is 681. The van der Waals surface area contributed by atoms with Crippen LogP contribution in [-0.4, -0.2) is 18.1 Å². The molecule has 1 atom stereocenters. The van der Waals surface area contributed by atoms with Crippen molar-refractivity contribution in [1.82, 2.24) is 10.6 Å². The molecule has 2 aliphatic rings. The molecule has 3 rings (SSSR count). The van der Waals surface area contributed by atoms with Crippen molar-refractivity contribution in [3.63, 3.8) is 0 Å². The number of rotatable bonds is 3. The van der Waals surface area contributed by atoms with Gasteiger partial charge in [-0.1, -0.05) is 34.5 Å². The molecule has 1 aromatic rings. The standard InChI is InChI=1S/C18H21BrN2O3/c1-11-15(17(22)24-14-8-3-2-4-9-14)16(21-18(23)20-11)12-6-5-7-13(19)10-12/h5-7,10,14,16H,2-4,8-9H2,1H3,(H2,20,21,23). The van der Waals surface area contributed by atoms with Crippen LogP contribution in [0.2, 0.25) is 0 Å². The predicted molar refractivity (Wildman–Crippen MR) is 94.2 cm³/mol. The fraction of sp³-hybridized carbons (Fsp3) is 0.444. The third kappa shape index (κ3) is 3.80. The Morgan fingerprint density at radius 2 is 2.00 bits per heavy atom. The van der Waals surface area contributed by atoms with Gasteiger partial charge in [-0.05, 0) is 50.3 Å². The molecule has 1 fully saturated rings. The van der Waals surface area contributed by atoms with Gasteiger partial charge in [0.15, 0.2) is 0 Å². The molecule has 1 unspecified atom stereocenters. The molecule has 0 saturated heterocycles. The zero-order valence-electron chi connectivity index (χ0n) is 13.6. The van der Waals surface area contributed by atoms with Gasteiger partial charge in [0.25, 0.3) is 0 Å². The van der Waals surface area contributed by atoms with E-state index in [0.29, 0.717) is 11.3 Å². The molecule has 6 heteroatoms. The van der Waals surface area contributed by atoms with Crippen molar-refractivity contribution in [2.45, 2.75) is 51.2 Å². The second-order valence-electron chi connectivity index (χ2n) is 6.29. The van der Waals surface area contributed by atoms with Gasteiger partial charge in [-0.2, -0.15) is 0 Å². The van der Waals surface area contributed by atoms with Crippen molar-refractivity contribution in [3.8, 4) is 0 Å². The molecule has 2 amide bonds. The molecule has 1 aliphatic heterocycles. The minimum Gasteiger partial charge on any atom is -0.459 e. The van der Waals surface area contributed by atoms with Gasteiger partial charge in [0, 0.05) is 10.2 Å². The number of nitrogens with one attached hydrogen (secondary N) is 2.